The third kappa shape index (κ3) is 13.7. The second-order valence-corrected chi connectivity index (χ2v) is 0. The summed E-state index contributed by atoms with van der Waals surface area (Å²) in [4.78, 5) is 0. The van der Waals surface area contributed by atoms with Gasteiger partial charge >= 0.3 is 43.6 Å². The van der Waals surface area contributed by atoms with Crippen LogP contribution in [0.3, 0.4) is 0 Å². The van der Waals surface area contributed by atoms with Crippen LogP contribution in [0.1, 0.15) is 0 Å². The molecule has 0 aromatic carbocycles. The normalized spacial score (nSPS) is 3.00. The first kappa shape index (κ1) is 8.85. The fourth-order valence-corrected chi connectivity index (χ4v) is 0. The van der Waals surface area contributed by atoms with Gasteiger partial charge in [0.1, 0.15) is 0 Å². The van der Waals surface area contributed by atoms with E-state index in [0.29, 0.717) is 0 Å². The summed E-state index contributed by atoms with van der Waals surface area (Å²) in [6.07, 6.45) is 0. The maximum atomic E-state index is 8.06. The molecular formula is AgNiO2. The molecule has 0 saturated heterocycles. The Kier molecular flexibility index (Phi) is 98.0. The Hall–Kier alpha value is 0.834. The predicted molar refractivity (Wildman–Crippen MR) is 1.37 cm³/mol. The molecule has 4 heavy (non-hydrogen) atoms. The molecule has 0 unspecified atom stereocenters. The Bertz CT molecular complexity index is 8.00. The Morgan fingerprint density at radius 1 is 1.25 bits per heavy atom. The maximum absolute atomic E-state index is 8.06. The molecule has 4 heteroatoms. The van der Waals surface area contributed by atoms with Crippen molar-refractivity contribution in [1.29, 1.82) is 0 Å². The van der Waals surface area contributed by atoms with Crippen LogP contribution in [0.25, 0.3) is 0 Å². The molecule has 0 bridgehead atoms. The van der Waals surface area contributed by atoms with Crippen LogP contribution in [0.2, 0.25) is 0 Å². The van der Waals surface area contributed by atoms with E-state index in [1.807, 2.05) is 0 Å². The third-order valence-electron chi connectivity index (χ3n) is 0. The predicted octanol–water partition coefficient (Wildman–Crippen LogP) is -0.243. The topological polar surface area (TPSA) is 34.1 Å². The Morgan fingerprint density at radius 3 is 1.25 bits per heavy atom. The van der Waals surface area contributed by atoms with Gasteiger partial charge in [-0.15, -0.1) is 0 Å². The van der Waals surface area contributed by atoms with Crippen molar-refractivity contribution in [2.24, 2.45) is 0 Å². The Balaban J connectivity index is 0. The van der Waals surface area contributed by atoms with Gasteiger partial charge in [-0.1, -0.05) is 0 Å². The second-order valence-electron chi connectivity index (χ2n) is 0. The molecule has 0 aliphatic rings. The summed E-state index contributed by atoms with van der Waals surface area (Å²) in [5.74, 6) is 0. The first-order valence-corrected chi connectivity index (χ1v) is 1.26. The first-order valence-electron chi connectivity index (χ1n) is 0.252. The van der Waals surface area contributed by atoms with Gasteiger partial charge in [-0.25, -0.2) is 0 Å². The SMILES string of the molecule is [O]=[Ag].[O]=[Ni]. The molecule has 0 aromatic heterocycles. The van der Waals surface area contributed by atoms with Crippen molar-refractivity contribution in [3.05, 3.63) is 0 Å². The van der Waals surface area contributed by atoms with Gasteiger partial charge in [0.2, 0.25) is 0 Å². The average Bonchev–Trinajstić information content (AvgIpc) is 1.50. The van der Waals surface area contributed by atoms with Crippen LogP contribution in [0.4, 0.5) is 0 Å². The standard InChI is InChI=1S/Ag.Ni.2O. The zero-order chi connectivity index (χ0) is 4.00. The summed E-state index contributed by atoms with van der Waals surface area (Å²) in [5.41, 5.74) is 0. The summed E-state index contributed by atoms with van der Waals surface area (Å²) >= 11 is 4.32. The fraction of sp³-hybridized carbons (Fsp3) is 0. The zero-order valence-electron chi connectivity index (χ0n) is 1.43. The van der Waals surface area contributed by atoms with Crippen LogP contribution < -0.4 is 0 Å². The quantitative estimate of drug-likeness (QED) is 0.504. The van der Waals surface area contributed by atoms with Crippen LogP contribution >= 0.6 is 0 Å². The number of hydrogen-bond acceptors (Lipinski definition) is 2. The van der Waals surface area contributed by atoms with E-state index in [1.165, 1.54) is 0 Å². The van der Waals surface area contributed by atoms with Crippen molar-refractivity contribution in [2.75, 3.05) is 0 Å². The molecule has 0 aliphatic carbocycles. The molecule has 0 aliphatic heterocycles. The van der Waals surface area contributed by atoms with E-state index in [0.717, 1.165) is 0 Å². The van der Waals surface area contributed by atoms with E-state index in [4.69, 9.17) is 7.15 Å². The molecule has 2 nitrogen and oxygen atoms in total. The summed E-state index contributed by atoms with van der Waals surface area (Å²) in [5, 5.41) is 0. The van der Waals surface area contributed by atoms with Crippen molar-refractivity contribution < 1.29 is 43.6 Å². The van der Waals surface area contributed by atoms with Gasteiger partial charge in [-0.2, -0.15) is 0 Å². The summed E-state index contributed by atoms with van der Waals surface area (Å²) in [7, 11) is 0. The molecule has 0 amide bonds. The van der Waals surface area contributed by atoms with E-state index < -0.39 is 0 Å². The average molecular weight is 199 g/mol. The molecule has 0 radical (unpaired) electrons. The van der Waals surface area contributed by atoms with Gasteiger partial charge in [0.05, 0.1) is 0 Å². The Labute approximate surface area is 43.8 Å². The van der Waals surface area contributed by atoms with Crippen molar-refractivity contribution in [1.82, 2.24) is 0 Å². The minimum absolute atomic E-state index is 1.70. The van der Waals surface area contributed by atoms with Crippen molar-refractivity contribution in [3.63, 3.8) is 0 Å². The van der Waals surface area contributed by atoms with E-state index in [1.54, 1.807) is 21.0 Å². The molecule has 0 atom stereocenters. The second kappa shape index (κ2) is 44.3. The first-order chi connectivity index (χ1) is 2.00. The molecule has 0 rings (SSSR count). The van der Waals surface area contributed by atoms with E-state index in [-0.39, 0.29) is 0 Å². The van der Waals surface area contributed by atoms with Crippen molar-refractivity contribution in [2.45, 2.75) is 0 Å². The van der Waals surface area contributed by atoms with E-state index in [2.05, 4.69) is 15.4 Å². The van der Waals surface area contributed by atoms with Crippen LogP contribution in [0, 0.1) is 0 Å². The third-order valence-corrected chi connectivity index (χ3v) is 0. The molecule has 33 valence electrons. The Morgan fingerprint density at radius 2 is 1.25 bits per heavy atom. The molecule has 0 heterocycles. The van der Waals surface area contributed by atoms with E-state index >= 15 is 0 Å². The molecular weight excluding hydrogens is 199 g/mol. The fourth-order valence-electron chi connectivity index (χ4n) is 0. The monoisotopic (exact) mass is 197 g/mol. The van der Waals surface area contributed by atoms with Gasteiger partial charge in [0.25, 0.3) is 0 Å². The molecule has 0 N–H and O–H groups in total. The summed E-state index contributed by atoms with van der Waals surface area (Å²) in [6, 6.07) is 0. The molecule has 0 spiro atoms. The molecule has 0 saturated carbocycles. The van der Waals surface area contributed by atoms with Gasteiger partial charge in [0, 0.05) is 0 Å². The van der Waals surface area contributed by atoms with E-state index in [9.17, 15) is 0 Å². The van der Waals surface area contributed by atoms with Gasteiger partial charge < -0.3 is 0 Å². The number of hydrogen-bond donors (Lipinski definition) is 0. The van der Waals surface area contributed by atoms with Gasteiger partial charge in [0.15, 0.2) is 0 Å². The van der Waals surface area contributed by atoms with Crippen LogP contribution in [-0.4, -0.2) is 0 Å². The summed E-state index contributed by atoms with van der Waals surface area (Å²) < 4.78 is 15.9. The number of rotatable bonds is 0. The zero-order valence-corrected chi connectivity index (χ0v) is 3.90. The van der Waals surface area contributed by atoms with Crippen molar-refractivity contribution >= 4 is 0 Å². The van der Waals surface area contributed by atoms with Crippen molar-refractivity contribution in [3.8, 4) is 0 Å². The van der Waals surface area contributed by atoms with Crippen LogP contribution in [0.5, 0.6) is 0 Å². The van der Waals surface area contributed by atoms with Gasteiger partial charge in [-0.3, -0.25) is 0 Å². The minimum atomic E-state index is 1.70. The molecule has 0 aromatic rings. The van der Waals surface area contributed by atoms with Gasteiger partial charge in [-0.05, 0) is 0 Å². The summed E-state index contributed by atoms with van der Waals surface area (Å²) in [6.45, 7) is 0. The van der Waals surface area contributed by atoms with Crippen LogP contribution in [-0.2, 0) is 43.6 Å². The van der Waals surface area contributed by atoms with Crippen LogP contribution in [0.15, 0.2) is 0 Å². The molecule has 0 fully saturated rings.